The molecule has 0 fully saturated rings. The fourth-order valence-corrected chi connectivity index (χ4v) is 3.11. The van der Waals surface area contributed by atoms with Gasteiger partial charge in [0.05, 0.1) is 12.7 Å². The maximum Gasteiger partial charge on any atom is 0.287 e. The number of rotatable bonds is 5. The lowest BCUT2D eigenvalue weighted by atomic mass is 10.0. The second kappa shape index (κ2) is 7.55. The highest BCUT2D eigenvalue weighted by Gasteiger charge is 2.23. The molecule has 2 aromatic heterocycles. The van der Waals surface area contributed by atoms with Crippen LogP contribution in [0.1, 0.15) is 10.6 Å². The maximum atomic E-state index is 12.0. The first-order valence-electron chi connectivity index (χ1n) is 8.86. The van der Waals surface area contributed by atoms with Gasteiger partial charge in [0.1, 0.15) is 17.2 Å². The Morgan fingerprint density at radius 2 is 1.63 bits per heavy atom. The molecule has 4 aromatic rings. The molecule has 0 bridgehead atoms. The van der Waals surface area contributed by atoms with Crippen molar-refractivity contribution in [3.05, 3.63) is 66.7 Å². The Bertz CT molecular complexity index is 1220. The van der Waals surface area contributed by atoms with Crippen LogP contribution < -0.4 is 10.5 Å². The Morgan fingerprint density at radius 1 is 0.967 bits per heavy atom. The molecular weight excluding hydrogens is 386 g/mol. The van der Waals surface area contributed by atoms with Crippen LogP contribution >= 0.6 is 0 Å². The number of pyridine rings is 1. The summed E-state index contributed by atoms with van der Waals surface area (Å²) in [4.78, 5) is 15.9. The number of hydrogen-bond acceptors (Lipinski definition) is 7. The number of ether oxygens (including phenoxy) is 1. The summed E-state index contributed by atoms with van der Waals surface area (Å²) in [6.45, 7) is 0. The van der Waals surface area contributed by atoms with Gasteiger partial charge in [-0.3, -0.25) is 14.3 Å². The van der Waals surface area contributed by atoms with Crippen LogP contribution in [0.15, 0.2) is 60.9 Å². The van der Waals surface area contributed by atoms with E-state index in [0.717, 1.165) is 0 Å². The number of amides is 1. The first-order chi connectivity index (χ1) is 14.5. The van der Waals surface area contributed by atoms with E-state index in [-0.39, 0.29) is 28.7 Å². The average molecular weight is 403 g/mol. The highest BCUT2D eigenvalue weighted by atomic mass is 16.5. The molecule has 4 N–H and O–H groups in total. The Kier molecular flexibility index (Phi) is 4.77. The number of nitrogens with two attached hydrogens (primary N) is 1. The summed E-state index contributed by atoms with van der Waals surface area (Å²) in [6, 6.07) is 13.1. The van der Waals surface area contributed by atoms with Gasteiger partial charge in [0.25, 0.3) is 5.91 Å². The van der Waals surface area contributed by atoms with Crippen molar-refractivity contribution in [1.82, 2.24) is 19.7 Å². The summed E-state index contributed by atoms with van der Waals surface area (Å²) < 4.78 is 6.61. The van der Waals surface area contributed by atoms with Crippen LogP contribution in [0, 0.1) is 0 Å². The molecule has 0 radical (unpaired) electrons. The quantitative estimate of drug-likeness (QED) is 0.466. The summed E-state index contributed by atoms with van der Waals surface area (Å²) in [5.74, 6) is -0.426. The SMILES string of the molecule is COc1ccc(-n2c(C(N)=O)nnc2-c2cc(-c3ccncc3)c(O)cc2O)cc1. The summed E-state index contributed by atoms with van der Waals surface area (Å²) in [5.41, 5.74) is 7.43. The zero-order valence-corrected chi connectivity index (χ0v) is 15.9. The van der Waals surface area contributed by atoms with Gasteiger partial charge in [-0.1, -0.05) is 0 Å². The molecule has 0 spiro atoms. The number of aromatic hydroxyl groups is 2. The van der Waals surface area contributed by atoms with Crippen LogP contribution in [0.2, 0.25) is 0 Å². The van der Waals surface area contributed by atoms with Gasteiger partial charge in [0, 0.05) is 29.7 Å². The van der Waals surface area contributed by atoms with Gasteiger partial charge in [0.15, 0.2) is 5.82 Å². The van der Waals surface area contributed by atoms with Crippen molar-refractivity contribution in [2.75, 3.05) is 7.11 Å². The van der Waals surface area contributed by atoms with Gasteiger partial charge in [-0.2, -0.15) is 0 Å². The van der Waals surface area contributed by atoms with E-state index >= 15 is 0 Å². The van der Waals surface area contributed by atoms with E-state index in [4.69, 9.17) is 10.5 Å². The van der Waals surface area contributed by atoms with E-state index in [1.807, 2.05) is 0 Å². The molecular formula is C21H17N5O4. The van der Waals surface area contributed by atoms with Crippen molar-refractivity contribution in [1.29, 1.82) is 0 Å². The van der Waals surface area contributed by atoms with Crippen LogP contribution in [-0.4, -0.2) is 43.0 Å². The number of primary amides is 1. The van der Waals surface area contributed by atoms with Crippen molar-refractivity contribution in [2.45, 2.75) is 0 Å². The lowest BCUT2D eigenvalue weighted by Gasteiger charge is -2.13. The molecule has 30 heavy (non-hydrogen) atoms. The second-order valence-corrected chi connectivity index (χ2v) is 6.37. The lowest BCUT2D eigenvalue weighted by Crippen LogP contribution is -2.17. The third-order valence-electron chi connectivity index (χ3n) is 4.56. The smallest absolute Gasteiger partial charge is 0.287 e. The van der Waals surface area contributed by atoms with Gasteiger partial charge in [0.2, 0.25) is 5.82 Å². The van der Waals surface area contributed by atoms with Gasteiger partial charge in [-0.15, -0.1) is 10.2 Å². The van der Waals surface area contributed by atoms with Crippen LogP contribution in [-0.2, 0) is 0 Å². The number of hydrogen-bond donors (Lipinski definition) is 3. The van der Waals surface area contributed by atoms with E-state index in [2.05, 4.69) is 15.2 Å². The molecule has 4 rings (SSSR count). The fraction of sp³-hybridized carbons (Fsp3) is 0.0476. The van der Waals surface area contributed by atoms with E-state index < -0.39 is 5.91 Å². The molecule has 0 unspecified atom stereocenters. The summed E-state index contributed by atoms with van der Waals surface area (Å²) in [6.07, 6.45) is 3.18. The number of carbonyl (C=O) groups is 1. The molecule has 0 saturated heterocycles. The Morgan fingerprint density at radius 3 is 2.27 bits per heavy atom. The molecule has 2 heterocycles. The molecule has 1 amide bonds. The second-order valence-electron chi connectivity index (χ2n) is 6.37. The first-order valence-corrected chi connectivity index (χ1v) is 8.86. The fourth-order valence-electron chi connectivity index (χ4n) is 3.11. The van der Waals surface area contributed by atoms with Crippen LogP contribution in [0.5, 0.6) is 17.2 Å². The number of carbonyl (C=O) groups excluding carboxylic acids is 1. The van der Waals surface area contributed by atoms with Crippen LogP contribution in [0.4, 0.5) is 0 Å². The van der Waals surface area contributed by atoms with E-state index in [1.54, 1.807) is 62.0 Å². The largest absolute Gasteiger partial charge is 0.507 e. The van der Waals surface area contributed by atoms with Gasteiger partial charge in [-0.05, 0) is 48.0 Å². The standard InChI is InChI=1S/C21H17N5O4/c1-30-14-4-2-13(3-5-14)26-20(24-25-21(26)19(22)29)16-10-15(17(27)11-18(16)28)12-6-8-23-9-7-12/h2-11,27-28H,1H3,(H2,22,29). The molecule has 2 aromatic carbocycles. The Balaban J connectivity index is 1.94. The maximum absolute atomic E-state index is 12.0. The number of nitrogens with zero attached hydrogens (tertiary/aromatic N) is 4. The predicted molar refractivity (Wildman–Crippen MR) is 108 cm³/mol. The highest BCUT2D eigenvalue weighted by molar-refractivity contribution is 5.91. The van der Waals surface area contributed by atoms with Crippen molar-refractivity contribution < 1.29 is 19.7 Å². The molecule has 0 aliphatic rings. The summed E-state index contributed by atoms with van der Waals surface area (Å²) in [7, 11) is 1.54. The highest BCUT2D eigenvalue weighted by Crippen LogP contribution is 2.39. The summed E-state index contributed by atoms with van der Waals surface area (Å²) in [5, 5.41) is 28.8. The molecule has 0 atom stereocenters. The number of phenols is 2. The molecule has 150 valence electrons. The third kappa shape index (κ3) is 3.28. The van der Waals surface area contributed by atoms with E-state index in [9.17, 15) is 15.0 Å². The lowest BCUT2D eigenvalue weighted by molar-refractivity contribution is 0.0988. The van der Waals surface area contributed by atoms with Gasteiger partial charge in [-0.25, -0.2) is 0 Å². The van der Waals surface area contributed by atoms with Crippen molar-refractivity contribution in [2.24, 2.45) is 5.73 Å². The predicted octanol–water partition coefficient (Wildman–Crippen LogP) is 2.52. The third-order valence-corrected chi connectivity index (χ3v) is 4.56. The van der Waals surface area contributed by atoms with E-state index in [0.29, 0.717) is 22.6 Å². The van der Waals surface area contributed by atoms with E-state index in [1.165, 1.54) is 10.6 Å². The molecule has 0 aliphatic carbocycles. The number of aromatic nitrogens is 4. The number of phenolic OH excluding ortho intramolecular Hbond substituents is 2. The van der Waals surface area contributed by atoms with Crippen molar-refractivity contribution >= 4 is 5.91 Å². The van der Waals surface area contributed by atoms with Crippen molar-refractivity contribution in [3.8, 4) is 45.5 Å². The molecule has 9 heteroatoms. The summed E-state index contributed by atoms with van der Waals surface area (Å²) >= 11 is 0. The number of methoxy groups -OCH3 is 1. The minimum absolute atomic E-state index is 0.104. The van der Waals surface area contributed by atoms with Gasteiger partial charge >= 0.3 is 0 Å². The average Bonchev–Trinajstić information content (AvgIpc) is 3.20. The number of benzene rings is 2. The molecule has 0 aliphatic heterocycles. The molecule has 0 saturated carbocycles. The van der Waals surface area contributed by atoms with Gasteiger partial charge < -0.3 is 20.7 Å². The Labute approximate surface area is 171 Å². The first kappa shape index (κ1) is 18.9. The normalized spacial score (nSPS) is 10.7. The monoisotopic (exact) mass is 403 g/mol. The zero-order valence-electron chi connectivity index (χ0n) is 15.9. The van der Waals surface area contributed by atoms with Crippen LogP contribution in [0.3, 0.4) is 0 Å². The zero-order chi connectivity index (χ0) is 21.3. The topological polar surface area (TPSA) is 136 Å². The van der Waals surface area contributed by atoms with Crippen LogP contribution in [0.25, 0.3) is 28.2 Å². The minimum Gasteiger partial charge on any atom is -0.507 e. The molecule has 9 nitrogen and oxygen atoms in total. The van der Waals surface area contributed by atoms with Crippen molar-refractivity contribution in [3.63, 3.8) is 0 Å². The Hall–Kier alpha value is -4.40. The minimum atomic E-state index is -0.780.